The van der Waals surface area contributed by atoms with E-state index in [0.29, 0.717) is 29.2 Å². The summed E-state index contributed by atoms with van der Waals surface area (Å²) in [4.78, 5) is 41.2. The van der Waals surface area contributed by atoms with Gasteiger partial charge in [0.15, 0.2) is 0 Å². The van der Waals surface area contributed by atoms with Crippen molar-refractivity contribution in [1.82, 2.24) is 5.32 Å². The van der Waals surface area contributed by atoms with Crippen LogP contribution in [0, 0.1) is 0 Å². The van der Waals surface area contributed by atoms with Crippen LogP contribution in [0.1, 0.15) is 35.3 Å². The Balaban J connectivity index is 1.56. The van der Waals surface area contributed by atoms with Gasteiger partial charge < -0.3 is 19.9 Å². The van der Waals surface area contributed by atoms with Gasteiger partial charge in [-0.3, -0.25) is 9.69 Å². The smallest absolute Gasteiger partial charge is 0.344 e. The molecule has 210 valence electrons. The van der Waals surface area contributed by atoms with E-state index in [1.165, 1.54) is 19.1 Å². The molecule has 2 atom stereocenters. The van der Waals surface area contributed by atoms with E-state index in [-0.39, 0.29) is 18.9 Å². The summed E-state index contributed by atoms with van der Waals surface area (Å²) in [5.74, 6) is -2.13. The van der Waals surface area contributed by atoms with E-state index in [2.05, 4.69) is 5.32 Å². The topological polar surface area (TPSA) is 105 Å². The lowest BCUT2D eigenvalue weighted by Gasteiger charge is -2.33. The summed E-state index contributed by atoms with van der Waals surface area (Å²) in [6.07, 6.45) is -0.179. The third-order valence-corrected chi connectivity index (χ3v) is 7.38. The molecule has 3 aromatic carbocycles. The quantitative estimate of drug-likeness (QED) is 0.285. The van der Waals surface area contributed by atoms with Crippen LogP contribution in [-0.4, -0.2) is 55.3 Å². The van der Waals surface area contributed by atoms with Gasteiger partial charge in [-0.05, 0) is 53.8 Å². The molecule has 40 heavy (non-hydrogen) atoms. The monoisotopic (exact) mass is 564 g/mol. The van der Waals surface area contributed by atoms with Crippen molar-refractivity contribution in [3.8, 4) is 0 Å². The van der Waals surface area contributed by atoms with E-state index in [9.17, 15) is 19.5 Å². The van der Waals surface area contributed by atoms with Crippen LogP contribution in [0.5, 0.6) is 0 Å². The summed E-state index contributed by atoms with van der Waals surface area (Å²) in [5, 5.41) is 14.4. The number of aliphatic hydroxyl groups is 1. The van der Waals surface area contributed by atoms with Crippen LogP contribution in [0.2, 0.25) is 5.02 Å². The van der Waals surface area contributed by atoms with Crippen LogP contribution in [0.4, 0.5) is 5.69 Å². The first-order chi connectivity index (χ1) is 19.2. The zero-order valence-electron chi connectivity index (χ0n) is 22.7. The zero-order chi connectivity index (χ0) is 28.9. The number of aliphatic hydroxyl groups excluding tert-OH is 1. The first kappa shape index (κ1) is 29.3. The third-order valence-electron chi connectivity index (χ3n) is 7.14. The van der Waals surface area contributed by atoms with Gasteiger partial charge in [-0.25, -0.2) is 9.59 Å². The Morgan fingerprint density at radius 2 is 1.68 bits per heavy atom. The minimum Gasteiger partial charge on any atom is -0.467 e. The fraction of sp³-hybridized carbons (Fsp3) is 0.323. The SMILES string of the molecule is COC(=O)C1(C(=O)OC)Cc2cc(CC(C)NCC(O)c3cccc(Cl)c3)ccc2N1C(=O)Cc1ccccc1. The second-order valence-corrected chi connectivity index (χ2v) is 10.4. The number of fused-ring (bicyclic) bond motifs is 1. The minimum atomic E-state index is -1.96. The van der Waals surface area contributed by atoms with Crippen molar-refractivity contribution >= 4 is 35.1 Å². The summed E-state index contributed by atoms with van der Waals surface area (Å²) in [5.41, 5.74) is 1.60. The van der Waals surface area contributed by atoms with Crippen LogP contribution < -0.4 is 10.2 Å². The van der Waals surface area contributed by atoms with Crippen LogP contribution in [0.3, 0.4) is 0 Å². The van der Waals surface area contributed by atoms with E-state index >= 15 is 0 Å². The van der Waals surface area contributed by atoms with E-state index in [0.717, 1.165) is 16.7 Å². The van der Waals surface area contributed by atoms with Gasteiger partial charge in [0.2, 0.25) is 11.4 Å². The Morgan fingerprint density at radius 3 is 2.33 bits per heavy atom. The molecule has 1 heterocycles. The maximum absolute atomic E-state index is 13.7. The van der Waals surface area contributed by atoms with Gasteiger partial charge in [0.1, 0.15) is 0 Å². The molecule has 1 aliphatic heterocycles. The number of nitrogens with zero attached hydrogens (tertiary/aromatic N) is 1. The molecule has 3 aromatic rings. The molecule has 1 amide bonds. The van der Waals surface area contributed by atoms with Crippen molar-refractivity contribution in [1.29, 1.82) is 0 Å². The van der Waals surface area contributed by atoms with Gasteiger partial charge in [0.25, 0.3) is 0 Å². The van der Waals surface area contributed by atoms with Gasteiger partial charge in [0.05, 0.1) is 26.7 Å². The Bertz CT molecular complexity index is 1360. The highest BCUT2D eigenvalue weighted by atomic mass is 35.5. The molecule has 0 saturated carbocycles. The fourth-order valence-corrected chi connectivity index (χ4v) is 5.40. The third kappa shape index (κ3) is 6.04. The summed E-state index contributed by atoms with van der Waals surface area (Å²) >= 11 is 6.04. The van der Waals surface area contributed by atoms with E-state index in [1.807, 2.05) is 55.5 Å². The van der Waals surface area contributed by atoms with Crippen molar-refractivity contribution in [3.63, 3.8) is 0 Å². The van der Waals surface area contributed by atoms with E-state index < -0.39 is 29.5 Å². The van der Waals surface area contributed by atoms with E-state index in [4.69, 9.17) is 21.1 Å². The van der Waals surface area contributed by atoms with Gasteiger partial charge in [-0.1, -0.05) is 66.2 Å². The number of benzene rings is 3. The van der Waals surface area contributed by atoms with Gasteiger partial charge >= 0.3 is 11.9 Å². The number of amides is 1. The molecule has 1 aliphatic rings. The lowest BCUT2D eigenvalue weighted by Crippen LogP contribution is -2.62. The predicted octanol–water partition coefficient (Wildman–Crippen LogP) is 3.81. The number of nitrogens with one attached hydrogen (secondary N) is 1. The Morgan fingerprint density at radius 1 is 0.975 bits per heavy atom. The second-order valence-electron chi connectivity index (χ2n) is 9.96. The molecular formula is C31H33ClN2O6. The predicted molar refractivity (Wildman–Crippen MR) is 152 cm³/mol. The van der Waals surface area contributed by atoms with Crippen molar-refractivity contribution in [3.05, 3.63) is 100 Å². The number of carbonyl (C=O) groups excluding carboxylic acids is 3. The molecule has 0 aliphatic carbocycles. The molecule has 9 heteroatoms. The van der Waals surface area contributed by atoms with Crippen LogP contribution in [0.15, 0.2) is 72.8 Å². The molecule has 2 N–H and O–H groups in total. The fourth-order valence-electron chi connectivity index (χ4n) is 5.20. The molecule has 8 nitrogen and oxygen atoms in total. The normalized spacial score (nSPS) is 15.2. The highest BCUT2D eigenvalue weighted by Crippen LogP contribution is 2.42. The number of esters is 2. The summed E-state index contributed by atoms with van der Waals surface area (Å²) in [7, 11) is 2.37. The molecule has 2 unspecified atom stereocenters. The summed E-state index contributed by atoms with van der Waals surface area (Å²) < 4.78 is 10.1. The molecule has 0 aromatic heterocycles. The number of methoxy groups -OCH3 is 2. The van der Waals surface area contributed by atoms with Crippen molar-refractivity contribution in [2.24, 2.45) is 0 Å². The molecule has 0 bridgehead atoms. The highest BCUT2D eigenvalue weighted by molar-refractivity contribution is 6.30. The van der Waals surface area contributed by atoms with Gasteiger partial charge in [-0.2, -0.15) is 0 Å². The van der Waals surface area contributed by atoms with Gasteiger partial charge in [0, 0.05) is 29.7 Å². The largest absolute Gasteiger partial charge is 0.467 e. The standard InChI is InChI=1S/C31H33ClN2O6/c1-20(33-19-27(35)23-10-7-11-25(32)17-23)14-22-12-13-26-24(15-22)18-31(29(37)39-2,30(38)40-3)34(26)28(36)16-21-8-5-4-6-9-21/h4-13,15,17,20,27,33,35H,14,16,18-19H2,1-3H3. The molecule has 0 fully saturated rings. The first-order valence-corrected chi connectivity index (χ1v) is 13.4. The lowest BCUT2D eigenvalue weighted by atomic mass is 9.92. The number of rotatable bonds is 10. The number of hydrogen-bond donors (Lipinski definition) is 2. The number of ether oxygens (including phenoxy) is 2. The van der Waals surface area contributed by atoms with Crippen molar-refractivity contribution < 1.29 is 29.0 Å². The minimum absolute atomic E-state index is 0.00456. The maximum atomic E-state index is 13.7. The first-order valence-electron chi connectivity index (χ1n) is 13.0. The number of carbonyl (C=O) groups is 3. The maximum Gasteiger partial charge on any atom is 0.344 e. The Hall–Kier alpha value is -3.72. The average molecular weight is 565 g/mol. The van der Waals surface area contributed by atoms with Crippen LogP contribution in [0.25, 0.3) is 0 Å². The average Bonchev–Trinajstić information content (AvgIpc) is 3.31. The number of anilines is 1. The summed E-state index contributed by atoms with van der Waals surface area (Å²) in [6, 6.07) is 21.8. The van der Waals surface area contributed by atoms with Crippen molar-refractivity contribution in [2.75, 3.05) is 25.7 Å². The lowest BCUT2D eigenvalue weighted by molar-refractivity contribution is -0.162. The van der Waals surface area contributed by atoms with E-state index in [1.54, 1.807) is 24.3 Å². The Kier molecular flexibility index (Phi) is 9.25. The highest BCUT2D eigenvalue weighted by Gasteiger charge is 2.60. The number of hydrogen-bond acceptors (Lipinski definition) is 7. The second kappa shape index (κ2) is 12.6. The molecule has 0 spiro atoms. The molecule has 0 radical (unpaired) electrons. The Labute approximate surface area is 238 Å². The summed E-state index contributed by atoms with van der Waals surface area (Å²) in [6.45, 7) is 2.34. The molecule has 4 rings (SSSR count). The molecular weight excluding hydrogens is 532 g/mol. The number of halogens is 1. The van der Waals surface area contributed by atoms with Crippen molar-refractivity contribution in [2.45, 2.75) is 43.9 Å². The van der Waals surface area contributed by atoms with Crippen LogP contribution >= 0.6 is 11.6 Å². The zero-order valence-corrected chi connectivity index (χ0v) is 23.5. The van der Waals surface area contributed by atoms with Crippen LogP contribution in [-0.2, 0) is 43.1 Å². The van der Waals surface area contributed by atoms with Gasteiger partial charge in [-0.15, -0.1) is 0 Å². The molecule has 0 saturated heterocycles.